The Labute approximate surface area is 231 Å². The van der Waals surface area contributed by atoms with Crippen molar-refractivity contribution in [1.29, 1.82) is 0 Å². The highest BCUT2D eigenvalue weighted by Gasteiger charge is 2.65. The molecule has 2 aromatic carbocycles. The van der Waals surface area contributed by atoms with E-state index in [1.165, 1.54) is 24.4 Å². The summed E-state index contributed by atoms with van der Waals surface area (Å²) in [6.07, 6.45) is 0.662. The van der Waals surface area contributed by atoms with Gasteiger partial charge in [-0.1, -0.05) is 31.6 Å². The topological polar surface area (TPSA) is 104 Å². The predicted molar refractivity (Wildman–Crippen MR) is 145 cm³/mol. The Morgan fingerprint density at radius 2 is 1.73 bits per heavy atom. The van der Waals surface area contributed by atoms with Gasteiger partial charge in [0.2, 0.25) is 5.91 Å². The Kier molecular flexibility index (Phi) is 8.56. The molecule has 0 saturated heterocycles. The van der Waals surface area contributed by atoms with Crippen LogP contribution in [0.5, 0.6) is 5.75 Å². The highest BCUT2D eigenvalue weighted by atomic mass is 32.5. The highest BCUT2D eigenvalue weighted by molar-refractivity contribution is 8.45. The molecule has 224 valence electrons. The molecule has 0 aliphatic rings. The number of halogens is 6. The minimum atomic E-state index is -10.2. The second-order valence-electron chi connectivity index (χ2n) is 9.31. The molecule has 0 radical (unpaired) electrons. The number of amides is 2. The van der Waals surface area contributed by atoms with Gasteiger partial charge in [0.15, 0.2) is 0 Å². The van der Waals surface area contributed by atoms with Crippen molar-refractivity contribution in [2.75, 3.05) is 39.1 Å². The molecule has 0 aliphatic carbocycles. The molecule has 8 nitrogen and oxygen atoms in total. The van der Waals surface area contributed by atoms with Crippen LogP contribution in [0.1, 0.15) is 22.8 Å². The number of ether oxygens (including phenoxy) is 1. The van der Waals surface area contributed by atoms with Crippen molar-refractivity contribution in [2.24, 2.45) is 0 Å². The van der Waals surface area contributed by atoms with Gasteiger partial charge in [-0.15, -0.1) is 0 Å². The van der Waals surface area contributed by atoms with Crippen molar-refractivity contribution >= 4 is 27.7 Å². The Balaban J connectivity index is 1.86. The van der Waals surface area contributed by atoms with Crippen molar-refractivity contribution in [3.63, 3.8) is 0 Å². The van der Waals surface area contributed by atoms with Gasteiger partial charge in [-0.05, 0) is 56.4 Å². The maximum atomic E-state index is 14.9. The normalized spacial score (nSPS) is 13.3. The molecule has 0 saturated carbocycles. The van der Waals surface area contributed by atoms with Gasteiger partial charge >= 0.3 is 10.2 Å². The van der Waals surface area contributed by atoms with E-state index >= 15 is 0 Å². The van der Waals surface area contributed by atoms with Crippen LogP contribution in [0.25, 0.3) is 11.1 Å². The molecule has 0 unspecified atom stereocenters. The molecular formula is C26H28F6N4O4S. The minimum Gasteiger partial charge on any atom is -0.493 e. The third kappa shape index (κ3) is 8.75. The second kappa shape index (κ2) is 11.1. The molecule has 0 aliphatic heterocycles. The van der Waals surface area contributed by atoms with Crippen molar-refractivity contribution < 1.29 is 38.1 Å². The third-order valence-electron chi connectivity index (χ3n) is 5.64. The van der Waals surface area contributed by atoms with Crippen molar-refractivity contribution in [1.82, 2.24) is 15.2 Å². The van der Waals surface area contributed by atoms with Crippen LogP contribution < -0.4 is 20.9 Å². The third-order valence-corrected chi connectivity index (χ3v) is 6.77. The van der Waals surface area contributed by atoms with Gasteiger partial charge in [0.1, 0.15) is 16.5 Å². The van der Waals surface area contributed by atoms with E-state index in [1.54, 1.807) is 25.9 Å². The number of rotatable bonds is 11. The Morgan fingerprint density at radius 1 is 1.02 bits per heavy atom. The number of carbonyl (C=O) groups excluding carboxylic acids is 2. The SMILES string of the molecule is CCOc1cc(=O)[nH]cc1-c1ccc(CC(=O)Nc2cc(C(=O)NCCN(C)C)cc(S(F)(F)(F)(F)F)c2)c(F)c1. The minimum absolute atomic E-state index is 0.0218. The standard InChI is InChI=1S/C26H28F6N4O4S/c1-4-40-23-14-24(37)34-15-21(23)16-5-6-17(22(27)11-16)12-25(38)35-19-9-18(26(39)33-7-8-36(2)3)10-20(13-19)41(28,29,30,31)32/h5-6,9-11,13-15H,4,7-8,12H2,1-3H3,(H,33,39)(H,34,37)(H,35,38). The van der Waals surface area contributed by atoms with Crippen molar-refractivity contribution in [3.8, 4) is 16.9 Å². The summed E-state index contributed by atoms with van der Waals surface area (Å²) in [5, 5.41) is 4.37. The van der Waals surface area contributed by atoms with Crippen molar-refractivity contribution in [3.05, 3.63) is 76.0 Å². The zero-order valence-corrected chi connectivity index (χ0v) is 23.0. The summed E-state index contributed by atoms with van der Waals surface area (Å²) in [5.74, 6) is -2.73. The molecule has 3 N–H and O–H groups in total. The summed E-state index contributed by atoms with van der Waals surface area (Å²) < 4.78 is 88.4. The largest absolute Gasteiger partial charge is 0.493 e. The number of carbonyl (C=O) groups is 2. The molecule has 0 bridgehead atoms. The van der Waals surface area contributed by atoms with E-state index in [-0.39, 0.29) is 36.6 Å². The van der Waals surface area contributed by atoms with E-state index in [1.807, 2.05) is 5.32 Å². The number of pyridine rings is 1. The lowest BCUT2D eigenvalue weighted by atomic mass is 10.0. The van der Waals surface area contributed by atoms with E-state index in [0.29, 0.717) is 17.7 Å². The number of anilines is 1. The summed E-state index contributed by atoms with van der Waals surface area (Å²) in [6.45, 7) is 2.28. The monoisotopic (exact) mass is 606 g/mol. The number of likely N-dealkylation sites (N-methyl/N-ethyl adjacent to an activating group) is 1. The molecule has 1 heterocycles. The molecule has 41 heavy (non-hydrogen) atoms. The smallest absolute Gasteiger partial charge is 0.310 e. The molecule has 15 heteroatoms. The molecule has 3 rings (SSSR count). The fraction of sp³-hybridized carbons (Fsp3) is 0.269. The second-order valence-corrected chi connectivity index (χ2v) is 11.7. The van der Waals surface area contributed by atoms with E-state index < -0.39 is 56.0 Å². The van der Waals surface area contributed by atoms with Crippen LogP contribution in [-0.2, 0) is 11.2 Å². The van der Waals surface area contributed by atoms with E-state index in [9.17, 15) is 38.2 Å². The van der Waals surface area contributed by atoms with Crippen LogP contribution >= 0.6 is 10.2 Å². The van der Waals surface area contributed by atoms with E-state index in [4.69, 9.17) is 4.74 Å². The lowest BCUT2D eigenvalue weighted by Crippen LogP contribution is -2.31. The van der Waals surface area contributed by atoms with Gasteiger partial charge in [0.05, 0.1) is 13.0 Å². The van der Waals surface area contributed by atoms with Crippen LogP contribution in [-0.4, -0.2) is 55.5 Å². The van der Waals surface area contributed by atoms with Crippen molar-refractivity contribution in [2.45, 2.75) is 18.2 Å². The number of nitrogens with one attached hydrogen (secondary N) is 3. The zero-order chi connectivity index (χ0) is 30.7. The quantitative estimate of drug-likeness (QED) is 0.243. The summed E-state index contributed by atoms with van der Waals surface area (Å²) >= 11 is 0. The zero-order valence-electron chi connectivity index (χ0n) is 22.2. The summed E-state index contributed by atoms with van der Waals surface area (Å²) in [4.78, 5) is 38.4. The Hall–Kier alpha value is -3.98. The number of aromatic amines is 1. The average molecular weight is 607 g/mol. The van der Waals surface area contributed by atoms with Gasteiger partial charge in [-0.2, -0.15) is 0 Å². The van der Waals surface area contributed by atoms with Crippen LogP contribution in [0.3, 0.4) is 0 Å². The first-order valence-electron chi connectivity index (χ1n) is 12.1. The lowest BCUT2D eigenvalue weighted by molar-refractivity contribution is -0.115. The molecular weight excluding hydrogens is 578 g/mol. The number of hydrogen-bond acceptors (Lipinski definition) is 5. The fourth-order valence-corrected chi connectivity index (χ4v) is 4.41. The number of H-pyrrole nitrogens is 1. The molecule has 2 amide bonds. The number of benzene rings is 2. The highest BCUT2D eigenvalue weighted by Crippen LogP contribution is 3.02. The van der Waals surface area contributed by atoms with Crippen LogP contribution in [0.4, 0.5) is 29.5 Å². The van der Waals surface area contributed by atoms with E-state index in [0.717, 1.165) is 12.1 Å². The molecule has 3 aromatic rings. The first-order valence-corrected chi connectivity index (χ1v) is 14.1. The molecule has 1 aromatic heterocycles. The average Bonchev–Trinajstić information content (AvgIpc) is 2.84. The van der Waals surface area contributed by atoms with Gasteiger partial charge in [-0.3, -0.25) is 14.4 Å². The van der Waals surface area contributed by atoms with E-state index in [2.05, 4.69) is 10.3 Å². The maximum absolute atomic E-state index is 14.9. The van der Waals surface area contributed by atoms with Crippen LogP contribution in [0.15, 0.2) is 58.4 Å². The Morgan fingerprint density at radius 3 is 2.34 bits per heavy atom. The van der Waals surface area contributed by atoms with Gasteiger partial charge in [0.25, 0.3) is 11.5 Å². The predicted octanol–water partition coefficient (Wildman–Crippen LogP) is 5.71. The first-order chi connectivity index (χ1) is 18.9. The maximum Gasteiger partial charge on any atom is 0.310 e. The summed E-state index contributed by atoms with van der Waals surface area (Å²) in [5.41, 5.74) is -1.38. The van der Waals surface area contributed by atoms with Crippen LogP contribution in [0.2, 0.25) is 0 Å². The number of nitrogens with zero attached hydrogens (tertiary/aromatic N) is 1. The fourth-order valence-electron chi connectivity index (χ4n) is 3.71. The first kappa shape index (κ1) is 31.5. The van der Waals surface area contributed by atoms with Gasteiger partial charge < -0.3 is 25.3 Å². The number of hydrogen-bond donors (Lipinski definition) is 3. The van der Waals surface area contributed by atoms with Gasteiger partial charge in [-0.25, -0.2) is 4.39 Å². The molecule has 0 atom stereocenters. The van der Waals surface area contributed by atoms with Crippen LogP contribution in [0, 0.1) is 5.82 Å². The summed E-state index contributed by atoms with van der Waals surface area (Å²) in [7, 11) is -6.86. The molecule has 0 fully saturated rings. The van der Waals surface area contributed by atoms with Gasteiger partial charge in [0, 0.05) is 42.2 Å². The Bertz CT molecular complexity index is 1530. The number of aromatic nitrogens is 1. The summed E-state index contributed by atoms with van der Waals surface area (Å²) in [6, 6.07) is 5.82. The lowest BCUT2D eigenvalue weighted by Gasteiger charge is -2.40. The molecule has 0 spiro atoms.